The lowest BCUT2D eigenvalue weighted by atomic mass is 10.1. The van der Waals surface area contributed by atoms with E-state index in [-0.39, 0.29) is 0 Å². The first-order valence-electron chi connectivity index (χ1n) is 8.51. The average molecular weight is 374 g/mol. The van der Waals surface area contributed by atoms with Gasteiger partial charge in [-0.25, -0.2) is 9.67 Å². The van der Waals surface area contributed by atoms with Gasteiger partial charge >= 0.3 is 0 Å². The van der Waals surface area contributed by atoms with E-state index in [0.717, 1.165) is 33.1 Å². The summed E-state index contributed by atoms with van der Waals surface area (Å²) in [5.41, 5.74) is 5.11. The van der Waals surface area contributed by atoms with E-state index >= 15 is 0 Å². The molecule has 0 saturated heterocycles. The number of benzene rings is 1. The van der Waals surface area contributed by atoms with Gasteiger partial charge in [-0.15, -0.1) is 11.3 Å². The van der Waals surface area contributed by atoms with Gasteiger partial charge < -0.3 is 4.42 Å². The van der Waals surface area contributed by atoms with Crippen LogP contribution in [0.5, 0.6) is 0 Å². The fourth-order valence-electron chi connectivity index (χ4n) is 2.69. The van der Waals surface area contributed by atoms with Crippen LogP contribution in [0.4, 0.5) is 5.69 Å². The van der Waals surface area contributed by atoms with Crippen molar-refractivity contribution in [2.24, 2.45) is 10.1 Å². The van der Waals surface area contributed by atoms with Crippen LogP contribution in [-0.2, 0) is 0 Å². The highest BCUT2D eigenvalue weighted by Gasteiger charge is 2.10. The van der Waals surface area contributed by atoms with E-state index < -0.39 is 0 Å². The summed E-state index contributed by atoms with van der Waals surface area (Å²) in [7, 11) is 0. The number of hydrogen-bond acceptors (Lipinski definition) is 5. The van der Waals surface area contributed by atoms with E-state index in [4.69, 9.17) is 9.41 Å². The van der Waals surface area contributed by atoms with Crippen LogP contribution in [0.2, 0.25) is 0 Å². The largest absolute Gasteiger partial charge is 0.463 e. The first-order chi connectivity index (χ1) is 13.2. The molecule has 4 rings (SSSR count). The van der Waals surface area contributed by atoms with Crippen molar-refractivity contribution in [2.45, 2.75) is 13.8 Å². The SMILES string of the molecule is Cc1ccc(N=c2scc(-c3ccco3)n2/N=C\c2ccncc2)c(C)c1. The van der Waals surface area contributed by atoms with Crippen molar-refractivity contribution in [3.8, 4) is 11.5 Å². The van der Waals surface area contributed by atoms with Crippen molar-refractivity contribution in [1.29, 1.82) is 0 Å². The molecule has 0 radical (unpaired) electrons. The van der Waals surface area contributed by atoms with Crippen molar-refractivity contribution < 1.29 is 4.42 Å². The summed E-state index contributed by atoms with van der Waals surface area (Å²) >= 11 is 1.53. The monoisotopic (exact) mass is 374 g/mol. The molecule has 0 saturated carbocycles. The summed E-state index contributed by atoms with van der Waals surface area (Å²) in [5.74, 6) is 0.750. The van der Waals surface area contributed by atoms with Crippen molar-refractivity contribution in [3.05, 3.63) is 88.0 Å². The molecule has 0 aliphatic carbocycles. The molecule has 0 spiro atoms. The van der Waals surface area contributed by atoms with Gasteiger partial charge in [-0.05, 0) is 55.3 Å². The quantitative estimate of drug-likeness (QED) is 0.475. The van der Waals surface area contributed by atoms with Crippen molar-refractivity contribution in [1.82, 2.24) is 9.66 Å². The second kappa shape index (κ2) is 7.55. The third-order valence-corrected chi connectivity index (χ3v) is 4.87. The molecule has 0 fully saturated rings. The van der Waals surface area contributed by atoms with E-state index in [0.29, 0.717) is 0 Å². The minimum atomic E-state index is 0.750. The summed E-state index contributed by atoms with van der Waals surface area (Å²) in [6, 6.07) is 13.8. The van der Waals surface area contributed by atoms with E-state index in [1.807, 2.05) is 40.4 Å². The predicted molar refractivity (Wildman–Crippen MR) is 108 cm³/mol. The molecule has 0 N–H and O–H groups in total. The van der Waals surface area contributed by atoms with Crippen LogP contribution in [0.3, 0.4) is 0 Å². The maximum atomic E-state index is 5.58. The number of rotatable bonds is 4. The summed E-state index contributed by atoms with van der Waals surface area (Å²) in [6.07, 6.45) is 6.94. The normalized spacial score (nSPS) is 12.1. The molecule has 27 heavy (non-hydrogen) atoms. The van der Waals surface area contributed by atoms with E-state index in [2.05, 4.69) is 36.1 Å². The van der Waals surface area contributed by atoms with E-state index in [1.165, 1.54) is 16.9 Å². The number of thiazole rings is 1. The molecule has 5 nitrogen and oxygen atoms in total. The first-order valence-corrected chi connectivity index (χ1v) is 9.39. The highest BCUT2D eigenvalue weighted by molar-refractivity contribution is 7.07. The van der Waals surface area contributed by atoms with Gasteiger partial charge in [0.25, 0.3) is 0 Å². The van der Waals surface area contributed by atoms with Gasteiger partial charge in [-0.3, -0.25) is 4.98 Å². The highest BCUT2D eigenvalue weighted by Crippen LogP contribution is 2.23. The molecule has 0 atom stereocenters. The van der Waals surface area contributed by atoms with Crippen molar-refractivity contribution in [2.75, 3.05) is 0 Å². The Balaban J connectivity index is 1.84. The number of furan rings is 1. The summed E-state index contributed by atoms with van der Waals surface area (Å²) < 4.78 is 7.38. The van der Waals surface area contributed by atoms with Gasteiger partial charge in [-0.2, -0.15) is 5.10 Å². The minimum Gasteiger partial charge on any atom is -0.463 e. The van der Waals surface area contributed by atoms with Crippen LogP contribution < -0.4 is 4.80 Å². The average Bonchev–Trinajstić information content (AvgIpc) is 3.33. The van der Waals surface area contributed by atoms with Crippen molar-refractivity contribution >= 4 is 23.2 Å². The molecule has 0 aliphatic heterocycles. The zero-order valence-corrected chi connectivity index (χ0v) is 15.9. The first kappa shape index (κ1) is 17.2. The molecule has 0 unspecified atom stereocenters. The fraction of sp³-hybridized carbons (Fsp3) is 0.0952. The summed E-state index contributed by atoms with van der Waals surface area (Å²) in [6.45, 7) is 4.15. The fourth-order valence-corrected chi connectivity index (χ4v) is 3.52. The lowest BCUT2D eigenvalue weighted by Crippen LogP contribution is -2.11. The Morgan fingerprint density at radius 2 is 1.96 bits per heavy atom. The smallest absolute Gasteiger partial charge is 0.211 e. The second-order valence-electron chi connectivity index (χ2n) is 6.12. The lowest BCUT2D eigenvalue weighted by Gasteiger charge is -2.03. The Morgan fingerprint density at radius 3 is 2.70 bits per heavy atom. The predicted octanol–water partition coefficient (Wildman–Crippen LogP) is 4.94. The second-order valence-corrected chi connectivity index (χ2v) is 6.96. The number of pyridine rings is 1. The molecule has 3 heterocycles. The number of aromatic nitrogens is 2. The molecule has 0 amide bonds. The lowest BCUT2D eigenvalue weighted by molar-refractivity contribution is 0.575. The van der Waals surface area contributed by atoms with Crippen LogP contribution in [0, 0.1) is 13.8 Å². The van der Waals surface area contributed by atoms with Gasteiger partial charge in [0.2, 0.25) is 4.80 Å². The zero-order valence-electron chi connectivity index (χ0n) is 15.0. The van der Waals surface area contributed by atoms with Gasteiger partial charge in [-0.1, -0.05) is 17.7 Å². The number of nitrogens with zero attached hydrogens (tertiary/aromatic N) is 4. The number of aryl methyl sites for hydroxylation is 2. The Hall–Kier alpha value is -3.25. The maximum absolute atomic E-state index is 5.58. The third-order valence-electron chi connectivity index (χ3n) is 4.06. The van der Waals surface area contributed by atoms with E-state index in [9.17, 15) is 0 Å². The molecule has 0 bridgehead atoms. The van der Waals surface area contributed by atoms with E-state index in [1.54, 1.807) is 24.9 Å². The summed E-state index contributed by atoms with van der Waals surface area (Å²) in [4.78, 5) is 9.65. The standard InChI is InChI=1S/C21H18N4OS/c1-15-5-6-18(16(2)12-15)24-21-25(23-13-17-7-9-22-10-8-17)19(14-27-21)20-4-3-11-26-20/h3-14H,1-2H3/b23-13-,24-21?. The minimum absolute atomic E-state index is 0.750. The topological polar surface area (TPSA) is 55.7 Å². The molecule has 3 aromatic heterocycles. The molecular formula is C21H18N4OS. The Labute approximate surface area is 161 Å². The van der Waals surface area contributed by atoms with Crippen molar-refractivity contribution in [3.63, 3.8) is 0 Å². The van der Waals surface area contributed by atoms with Gasteiger partial charge in [0.15, 0.2) is 5.76 Å². The molecule has 1 aromatic carbocycles. The zero-order chi connectivity index (χ0) is 18.6. The molecule has 6 heteroatoms. The van der Waals surface area contributed by atoms with Gasteiger partial charge in [0.1, 0.15) is 5.69 Å². The Bertz CT molecular complexity index is 1140. The van der Waals surface area contributed by atoms with Gasteiger partial charge in [0.05, 0.1) is 18.2 Å². The Kier molecular flexibility index (Phi) is 4.80. The molecule has 0 aliphatic rings. The van der Waals surface area contributed by atoms with Gasteiger partial charge in [0, 0.05) is 17.8 Å². The molecular weight excluding hydrogens is 356 g/mol. The third kappa shape index (κ3) is 3.80. The number of hydrogen-bond donors (Lipinski definition) is 0. The summed E-state index contributed by atoms with van der Waals surface area (Å²) in [5, 5.41) is 6.66. The molecule has 4 aromatic rings. The molecule has 134 valence electrons. The van der Waals surface area contributed by atoms with Crippen LogP contribution in [0.15, 0.2) is 81.0 Å². The van der Waals surface area contributed by atoms with Crippen LogP contribution in [0.1, 0.15) is 16.7 Å². The van der Waals surface area contributed by atoms with Crippen LogP contribution in [-0.4, -0.2) is 15.9 Å². The van der Waals surface area contributed by atoms with Crippen LogP contribution in [0.25, 0.3) is 11.5 Å². The van der Waals surface area contributed by atoms with Crippen LogP contribution >= 0.6 is 11.3 Å². The maximum Gasteiger partial charge on any atom is 0.211 e. The Morgan fingerprint density at radius 1 is 1.11 bits per heavy atom. The highest BCUT2D eigenvalue weighted by atomic mass is 32.1.